The molecule has 2 aliphatic heterocycles. The van der Waals surface area contributed by atoms with Crippen molar-refractivity contribution in [3.8, 4) is 0 Å². The lowest BCUT2D eigenvalue weighted by Crippen LogP contribution is -2.62. The van der Waals surface area contributed by atoms with Crippen LogP contribution in [0.2, 0.25) is 0 Å². The molecule has 2 saturated heterocycles. The molecule has 0 aromatic carbocycles. The molecular weight excluding hydrogens is 232 g/mol. The molecule has 2 rings (SSSR count). The summed E-state index contributed by atoms with van der Waals surface area (Å²) in [4.78, 5) is 25.4. The van der Waals surface area contributed by atoms with Gasteiger partial charge in [0.05, 0.1) is 6.04 Å². The van der Waals surface area contributed by atoms with E-state index in [4.69, 9.17) is 4.74 Å². The van der Waals surface area contributed by atoms with Crippen molar-refractivity contribution in [2.24, 2.45) is 11.8 Å². The number of rotatable bonds is 3. The molecule has 0 aliphatic carbocycles. The van der Waals surface area contributed by atoms with Crippen LogP contribution >= 0.6 is 0 Å². The van der Waals surface area contributed by atoms with Crippen molar-refractivity contribution in [3.63, 3.8) is 0 Å². The van der Waals surface area contributed by atoms with E-state index < -0.39 is 0 Å². The van der Waals surface area contributed by atoms with E-state index in [1.54, 1.807) is 0 Å². The fraction of sp³-hybridized carbons (Fsp3) is 0.846. The van der Waals surface area contributed by atoms with Crippen molar-refractivity contribution in [3.05, 3.63) is 0 Å². The highest BCUT2D eigenvalue weighted by molar-refractivity contribution is 5.81. The van der Waals surface area contributed by atoms with E-state index in [9.17, 15) is 9.59 Å². The molecule has 0 saturated carbocycles. The van der Waals surface area contributed by atoms with Crippen LogP contribution in [-0.2, 0) is 14.3 Å². The Morgan fingerprint density at radius 3 is 2.39 bits per heavy atom. The summed E-state index contributed by atoms with van der Waals surface area (Å²) in [5.41, 5.74) is 0. The van der Waals surface area contributed by atoms with Gasteiger partial charge in [-0.05, 0) is 12.8 Å². The summed E-state index contributed by atoms with van der Waals surface area (Å²) >= 11 is 0. The van der Waals surface area contributed by atoms with Gasteiger partial charge >= 0.3 is 0 Å². The van der Waals surface area contributed by atoms with E-state index in [1.807, 2.05) is 18.7 Å². The van der Waals surface area contributed by atoms with Gasteiger partial charge < -0.3 is 15.0 Å². The van der Waals surface area contributed by atoms with Crippen molar-refractivity contribution in [1.29, 1.82) is 0 Å². The molecule has 0 unspecified atom stereocenters. The number of likely N-dealkylation sites (tertiary alicyclic amines) is 1. The summed E-state index contributed by atoms with van der Waals surface area (Å²) in [6.45, 7) is 6.46. The molecule has 2 heterocycles. The first-order valence-corrected chi connectivity index (χ1v) is 6.75. The standard InChI is InChI=1S/C13H22N2O3/c1-9(2)12(16)14-11-7-15(8-11)13(17)10-3-5-18-6-4-10/h9-11H,3-8H2,1-2H3,(H,14,16). The Morgan fingerprint density at radius 1 is 1.22 bits per heavy atom. The Hall–Kier alpha value is -1.10. The maximum Gasteiger partial charge on any atom is 0.226 e. The van der Waals surface area contributed by atoms with Gasteiger partial charge in [-0.15, -0.1) is 0 Å². The maximum atomic E-state index is 12.1. The van der Waals surface area contributed by atoms with Crippen LogP contribution in [0.5, 0.6) is 0 Å². The smallest absolute Gasteiger partial charge is 0.226 e. The number of carbonyl (C=O) groups is 2. The Bertz CT molecular complexity index is 318. The lowest BCUT2D eigenvalue weighted by molar-refractivity contribution is -0.145. The van der Waals surface area contributed by atoms with E-state index in [0.717, 1.165) is 12.8 Å². The summed E-state index contributed by atoms with van der Waals surface area (Å²) in [6.07, 6.45) is 1.66. The fourth-order valence-corrected chi connectivity index (χ4v) is 2.32. The molecule has 0 spiro atoms. The zero-order valence-corrected chi connectivity index (χ0v) is 11.1. The Balaban J connectivity index is 1.71. The summed E-state index contributed by atoms with van der Waals surface area (Å²) < 4.78 is 5.25. The molecular formula is C13H22N2O3. The highest BCUT2D eigenvalue weighted by Crippen LogP contribution is 2.21. The van der Waals surface area contributed by atoms with E-state index >= 15 is 0 Å². The minimum Gasteiger partial charge on any atom is -0.381 e. The first-order chi connectivity index (χ1) is 8.58. The third-order valence-electron chi connectivity index (χ3n) is 3.63. The zero-order valence-electron chi connectivity index (χ0n) is 11.1. The highest BCUT2D eigenvalue weighted by atomic mass is 16.5. The fourth-order valence-electron chi connectivity index (χ4n) is 2.32. The molecule has 5 heteroatoms. The first-order valence-electron chi connectivity index (χ1n) is 6.75. The molecule has 2 fully saturated rings. The second kappa shape index (κ2) is 5.69. The van der Waals surface area contributed by atoms with Gasteiger partial charge in [0, 0.05) is 38.1 Å². The largest absolute Gasteiger partial charge is 0.381 e. The van der Waals surface area contributed by atoms with Crippen LogP contribution in [0, 0.1) is 11.8 Å². The van der Waals surface area contributed by atoms with Crippen molar-refractivity contribution in [2.75, 3.05) is 26.3 Å². The van der Waals surface area contributed by atoms with Crippen LogP contribution < -0.4 is 5.32 Å². The average molecular weight is 254 g/mol. The van der Waals surface area contributed by atoms with Gasteiger partial charge in [0.15, 0.2) is 0 Å². The van der Waals surface area contributed by atoms with E-state index in [0.29, 0.717) is 26.3 Å². The van der Waals surface area contributed by atoms with Gasteiger partial charge in [0.1, 0.15) is 0 Å². The molecule has 5 nitrogen and oxygen atoms in total. The number of amides is 2. The lowest BCUT2D eigenvalue weighted by Gasteiger charge is -2.42. The molecule has 0 bridgehead atoms. The van der Waals surface area contributed by atoms with Crippen LogP contribution in [0.15, 0.2) is 0 Å². The quantitative estimate of drug-likeness (QED) is 0.793. The second-order valence-electron chi connectivity index (χ2n) is 5.49. The van der Waals surface area contributed by atoms with Gasteiger partial charge in [-0.1, -0.05) is 13.8 Å². The number of nitrogens with zero attached hydrogens (tertiary/aromatic N) is 1. The summed E-state index contributed by atoms with van der Waals surface area (Å²) in [5.74, 6) is 0.428. The highest BCUT2D eigenvalue weighted by Gasteiger charge is 2.35. The maximum absolute atomic E-state index is 12.1. The van der Waals surface area contributed by atoms with Crippen molar-refractivity contribution in [2.45, 2.75) is 32.7 Å². The van der Waals surface area contributed by atoms with E-state index in [2.05, 4.69) is 5.32 Å². The molecule has 18 heavy (non-hydrogen) atoms. The predicted molar refractivity (Wildman–Crippen MR) is 66.9 cm³/mol. The summed E-state index contributed by atoms with van der Waals surface area (Å²) in [5, 5.41) is 2.95. The monoisotopic (exact) mass is 254 g/mol. The summed E-state index contributed by atoms with van der Waals surface area (Å²) in [7, 11) is 0. The van der Waals surface area contributed by atoms with Crippen LogP contribution in [0.4, 0.5) is 0 Å². The van der Waals surface area contributed by atoms with Gasteiger partial charge in [-0.3, -0.25) is 9.59 Å². The van der Waals surface area contributed by atoms with Gasteiger partial charge in [0.2, 0.25) is 11.8 Å². The van der Waals surface area contributed by atoms with Crippen molar-refractivity contribution in [1.82, 2.24) is 10.2 Å². The van der Waals surface area contributed by atoms with Crippen LogP contribution in [-0.4, -0.2) is 49.1 Å². The van der Waals surface area contributed by atoms with Crippen molar-refractivity contribution < 1.29 is 14.3 Å². The van der Waals surface area contributed by atoms with E-state index in [-0.39, 0.29) is 29.7 Å². The SMILES string of the molecule is CC(C)C(=O)NC1CN(C(=O)C2CCOCC2)C1. The normalized spacial score (nSPS) is 21.8. The first kappa shape index (κ1) is 13.3. The van der Waals surface area contributed by atoms with Crippen LogP contribution in [0.3, 0.4) is 0 Å². The zero-order chi connectivity index (χ0) is 13.1. The third kappa shape index (κ3) is 3.02. The number of nitrogens with one attached hydrogen (secondary N) is 1. The summed E-state index contributed by atoms with van der Waals surface area (Å²) in [6, 6.07) is 0.142. The van der Waals surface area contributed by atoms with Crippen LogP contribution in [0.1, 0.15) is 26.7 Å². The van der Waals surface area contributed by atoms with Crippen LogP contribution in [0.25, 0.3) is 0 Å². The topological polar surface area (TPSA) is 58.6 Å². The minimum atomic E-state index is 0.00486. The predicted octanol–water partition coefficient (Wildman–Crippen LogP) is 0.396. The second-order valence-corrected chi connectivity index (χ2v) is 5.49. The molecule has 2 amide bonds. The molecule has 0 aromatic rings. The minimum absolute atomic E-state index is 0.00486. The molecule has 2 aliphatic rings. The number of hydrogen-bond donors (Lipinski definition) is 1. The number of hydrogen-bond acceptors (Lipinski definition) is 3. The lowest BCUT2D eigenvalue weighted by atomic mass is 9.96. The Kier molecular flexibility index (Phi) is 4.22. The van der Waals surface area contributed by atoms with E-state index in [1.165, 1.54) is 0 Å². The molecule has 0 radical (unpaired) electrons. The van der Waals surface area contributed by atoms with Gasteiger partial charge in [0.25, 0.3) is 0 Å². The molecule has 0 atom stereocenters. The molecule has 102 valence electrons. The number of ether oxygens (including phenoxy) is 1. The van der Waals surface area contributed by atoms with Gasteiger partial charge in [-0.25, -0.2) is 0 Å². The number of carbonyl (C=O) groups excluding carboxylic acids is 2. The third-order valence-corrected chi connectivity index (χ3v) is 3.63. The molecule has 0 aromatic heterocycles. The Labute approximate surface area is 108 Å². The van der Waals surface area contributed by atoms with Gasteiger partial charge in [-0.2, -0.15) is 0 Å². The molecule has 1 N–H and O–H groups in total. The average Bonchev–Trinajstić information content (AvgIpc) is 2.33. The Morgan fingerprint density at radius 2 is 1.83 bits per heavy atom. The van der Waals surface area contributed by atoms with Crippen molar-refractivity contribution >= 4 is 11.8 Å².